The van der Waals surface area contributed by atoms with Crippen LogP contribution in [0.2, 0.25) is 0 Å². The van der Waals surface area contributed by atoms with Crippen molar-refractivity contribution in [3.8, 4) is 17.6 Å². The maximum atomic E-state index is 13.5. The molecule has 2 saturated heterocycles. The zero-order valence-corrected chi connectivity index (χ0v) is 22.7. The van der Waals surface area contributed by atoms with Gasteiger partial charge in [0.25, 0.3) is 5.91 Å². The van der Waals surface area contributed by atoms with E-state index in [0.29, 0.717) is 19.4 Å². The van der Waals surface area contributed by atoms with Crippen molar-refractivity contribution in [2.24, 2.45) is 11.3 Å². The summed E-state index contributed by atoms with van der Waals surface area (Å²) in [6.45, 7) is 3.80. The number of hydrogen-bond acceptors (Lipinski definition) is 6. The summed E-state index contributed by atoms with van der Waals surface area (Å²) in [5.74, 6) is -1.64. The summed E-state index contributed by atoms with van der Waals surface area (Å²) in [4.78, 5) is 40.6. The van der Waals surface area contributed by atoms with Gasteiger partial charge in [-0.1, -0.05) is 19.3 Å². The highest BCUT2D eigenvalue weighted by molar-refractivity contribution is 5.89. The van der Waals surface area contributed by atoms with Crippen molar-refractivity contribution in [1.29, 1.82) is 5.26 Å². The van der Waals surface area contributed by atoms with Gasteiger partial charge in [-0.2, -0.15) is 5.26 Å². The number of hydrogen-bond donors (Lipinski definition) is 2. The van der Waals surface area contributed by atoms with Crippen molar-refractivity contribution in [1.82, 2.24) is 15.5 Å². The van der Waals surface area contributed by atoms with Gasteiger partial charge in [0.1, 0.15) is 23.6 Å². The summed E-state index contributed by atoms with van der Waals surface area (Å²) in [5, 5.41) is 15.4. The molecule has 3 fully saturated rings. The Morgan fingerprint density at radius 2 is 1.80 bits per heavy atom. The minimum atomic E-state index is -4.82. The highest BCUT2D eigenvalue weighted by Gasteiger charge is 2.49. The van der Waals surface area contributed by atoms with Crippen LogP contribution in [0.4, 0.5) is 13.2 Å². The number of carbonyl (C=O) groups excluding carboxylic acids is 3. The Morgan fingerprint density at radius 3 is 2.38 bits per heavy atom. The quantitative estimate of drug-likeness (QED) is 0.495. The van der Waals surface area contributed by atoms with Gasteiger partial charge in [-0.05, 0) is 75.6 Å². The minimum absolute atomic E-state index is 0.145. The molecule has 40 heavy (non-hydrogen) atoms. The van der Waals surface area contributed by atoms with Gasteiger partial charge in [0.2, 0.25) is 11.8 Å². The summed E-state index contributed by atoms with van der Waals surface area (Å²) in [5.41, 5.74) is -0.566. The summed E-state index contributed by atoms with van der Waals surface area (Å²) >= 11 is 0. The molecule has 3 amide bonds. The minimum Gasteiger partial charge on any atom is -0.484 e. The molecule has 0 radical (unpaired) electrons. The van der Waals surface area contributed by atoms with Crippen LogP contribution in [0.15, 0.2) is 24.3 Å². The molecule has 2 heterocycles. The normalized spacial score (nSPS) is 24.2. The third-order valence-corrected chi connectivity index (χ3v) is 8.05. The largest absolute Gasteiger partial charge is 0.573 e. The van der Waals surface area contributed by atoms with Crippen molar-refractivity contribution in [2.45, 2.75) is 89.2 Å². The third kappa shape index (κ3) is 7.37. The van der Waals surface area contributed by atoms with Gasteiger partial charge in [0, 0.05) is 18.0 Å². The van der Waals surface area contributed by atoms with Crippen LogP contribution in [0.25, 0.3) is 0 Å². The fourth-order valence-corrected chi connectivity index (χ4v) is 6.26. The highest BCUT2D eigenvalue weighted by atomic mass is 19.4. The Kier molecular flexibility index (Phi) is 8.52. The van der Waals surface area contributed by atoms with Gasteiger partial charge in [-0.3, -0.25) is 14.4 Å². The van der Waals surface area contributed by atoms with Crippen LogP contribution in [0.3, 0.4) is 0 Å². The first-order valence-corrected chi connectivity index (χ1v) is 13.6. The number of rotatable bonds is 8. The molecule has 0 bridgehead atoms. The number of benzene rings is 1. The number of nitrogens with zero attached hydrogens (tertiary/aromatic N) is 2. The topological polar surface area (TPSA) is 121 Å². The van der Waals surface area contributed by atoms with Gasteiger partial charge >= 0.3 is 6.36 Å². The second-order valence-electron chi connectivity index (χ2n) is 11.8. The van der Waals surface area contributed by atoms with Crippen molar-refractivity contribution >= 4 is 17.7 Å². The average Bonchev–Trinajstić information content (AvgIpc) is 3.37. The Morgan fingerprint density at radius 1 is 1.15 bits per heavy atom. The molecule has 2 aliphatic heterocycles. The van der Waals surface area contributed by atoms with Gasteiger partial charge in [0.15, 0.2) is 6.61 Å². The number of nitriles is 1. The van der Waals surface area contributed by atoms with E-state index >= 15 is 0 Å². The predicted octanol–water partition coefficient (Wildman–Crippen LogP) is 3.83. The summed E-state index contributed by atoms with van der Waals surface area (Å²) in [6, 6.07) is 5.13. The molecule has 1 aromatic rings. The van der Waals surface area contributed by atoms with Crippen LogP contribution in [-0.4, -0.2) is 59.8 Å². The fraction of sp³-hybridized carbons (Fsp3) is 0.643. The molecule has 3 atom stereocenters. The van der Waals surface area contributed by atoms with E-state index < -0.39 is 48.5 Å². The summed E-state index contributed by atoms with van der Waals surface area (Å²) in [6.07, 6.45) is 1.28. The zero-order valence-electron chi connectivity index (χ0n) is 22.7. The van der Waals surface area contributed by atoms with Crippen LogP contribution in [0.1, 0.15) is 65.2 Å². The monoisotopic (exact) mass is 564 g/mol. The summed E-state index contributed by atoms with van der Waals surface area (Å²) < 4.78 is 46.6. The molecule has 0 unspecified atom stereocenters. The number of alkyl halides is 3. The second-order valence-corrected chi connectivity index (χ2v) is 11.8. The van der Waals surface area contributed by atoms with E-state index in [1.165, 1.54) is 17.0 Å². The number of nitrogens with one attached hydrogen (secondary N) is 2. The highest BCUT2D eigenvalue weighted by Crippen LogP contribution is 2.46. The van der Waals surface area contributed by atoms with Crippen LogP contribution in [-0.2, 0) is 14.4 Å². The molecular formula is C28H35F3N4O5. The molecule has 0 aromatic heterocycles. The molecular weight excluding hydrogens is 529 g/mol. The molecule has 1 aliphatic carbocycles. The Hall–Kier alpha value is -3.49. The molecule has 12 heteroatoms. The van der Waals surface area contributed by atoms with Crippen LogP contribution in [0, 0.1) is 22.7 Å². The fourth-order valence-electron chi connectivity index (χ4n) is 6.26. The van der Waals surface area contributed by atoms with Crippen molar-refractivity contribution in [3.05, 3.63) is 24.3 Å². The lowest BCUT2D eigenvalue weighted by Crippen LogP contribution is -2.50. The lowest BCUT2D eigenvalue weighted by molar-refractivity contribution is -0.274. The molecule has 1 spiro atoms. The van der Waals surface area contributed by atoms with Crippen LogP contribution >= 0.6 is 0 Å². The van der Waals surface area contributed by atoms with Crippen molar-refractivity contribution in [3.63, 3.8) is 0 Å². The molecule has 9 nitrogen and oxygen atoms in total. The first kappa shape index (κ1) is 29.5. The number of amides is 3. The van der Waals surface area contributed by atoms with E-state index in [4.69, 9.17) is 4.74 Å². The van der Waals surface area contributed by atoms with Gasteiger partial charge in [-0.25, -0.2) is 0 Å². The number of carbonyl (C=O) groups is 3. The van der Waals surface area contributed by atoms with Crippen LogP contribution < -0.4 is 20.1 Å². The smallest absolute Gasteiger partial charge is 0.484 e. The maximum Gasteiger partial charge on any atom is 0.573 e. The summed E-state index contributed by atoms with van der Waals surface area (Å²) in [7, 11) is 0. The lowest BCUT2D eigenvalue weighted by Gasteiger charge is -2.33. The van der Waals surface area contributed by atoms with Crippen LogP contribution in [0.5, 0.6) is 11.5 Å². The van der Waals surface area contributed by atoms with E-state index in [9.17, 15) is 32.8 Å². The van der Waals surface area contributed by atoms with E-state index in [1.807, 2.05) is 13.8 Å². The Bertz CT molecular complexity index is 1140. The second kappa shape index (κ2) is 11.6. The Balaban J connectivity index is 1.41. The number of halogens is 3. The number of likely N-dealkylation sites (tertiary alicyclic amines) is 1. The molecule has 218 valence electrons. The molecule has 1 saturated carbocycles. The van der Waals surface area contributed by atoms with Gasteiger partial charge in [0.05, 0.1) is 6.07 Å². The van der Waals surface area contributed by atoms with Crippen molar-refractivity contribution < 1.29 is 37.0 Å². The number of ether oxygens (including phenoxy) is 2. The predicted molar refractivity (Wildman–Crippen MR) is 137 cm³/mol. The average molecular weight is 565 g/mol. The van der Waals surface area contributed by atoms with E-state index in [1.54, 1.807) is 0 Å². The first-order valence-electron chi connectivity index (χ1n) is 13.6. The van der Waals surface area contributed by atoms with E-state index in [2.05, 4.69) is 21.4 Å². The molecule has 1 aromatic carbocycles. The SMILES string of the molecule is CC1(C)C[C@@H](C[C@@H](C#N)NC(=O)[C@@H]2CC3(CCCCC3)CN2C(=O)COc2ccc(OC(F)(F)F)cc2)C(=O)N1. The molecule has 2 N–H and O–H groups in total. The van der Waals surface area contributed by atoms with E-state index in [-0.39, 0.29) is 29.0 Å². The lowest BCUT2D eigenvalue weighted by atomic mass is 9.72. The van der Waals surface area contributed by atoms with Gasteiger partial charge in [-0.15, -0.1) is 13.2 Å². The zero-order chi connectivity index (χ0) is 29.1. The van der Waals surface area contributed by atoms with Crippen molar-refractivity contribution in [2.75, 3.05) is 13.2 Å². The molecule has 4 rings (SSSR count). The Labute approximate surface area is 231 Å². The third-order valence-electron chi connectivity index (χ3n) is 8.05. The molecule has 3 aliphatic rings. The standard InChI is InChI=1S/C28H35F3N4O5/c1-26(2)13-18(24(37)34-26)12-19(15-32)33-25(38)22-14-27(10-4-3-5-11-27)17-35(22)23(36)16-39-20-6-8-21(9-7-20)40-28(29,30)31/h6-9,18-19,22H,3-5,10-14,16-17H2,1-2H3,(H,33,38)(H,34,37)/t18-,19+,22+/m1/s1. The van der Waals surface area contributed by atoms with Gasteiger partial charge < -0.3 is 25.0 Å². The first-order chi connectivity index (χ1) is 18.8. The maximum absolute atomic E-state index is 13.5. The van der Waals surface area contributed by atoms with E-state index in [0.717, 1.165) is 44.2 Å².